The number of anilines is 1. The Morgan fingerprint density at radius 3 is 2.30 bits per heavy atom. The second-order valence-corrected chi connectivity index (χ2v) is 11.2. The molecular formula is C27H32ClFN6O5. The number of benzene rings is 1. The Kier molecular flexibility index (Phi) is 9.80. The van der Waals surface area contributed by atoms with Crippen molar-refractivity contribution >= 4 is 29.6 Å². The highest BCUT2D eigenvalue weighted by molar-refractivity contribution is 6.30. The van der Waals surface area contributed by atoms with E-state index in [-0.39, 0.29) is 29.8 Å². The lowest BCUT2D eigenvalue weighted by Crippen LogP contribution is -2.44. The van der Waals surface area contributed by atoms with E-state index in [0.717, 1.165) is 6.07 Å². The summed E-state index contributed by atoms with van der Waals surface area (Å²) in [6.07, 6.45) is 1.84. The van der Waals surface area contributed by atoms with Crippen LogP contribution in [0.5, 0.6) is 11.6 Å². The molecule has 0 aliphatic rings. The SMILES string of the molecule is CC(C)(C)OC(=O)C[C@@H](CNc1ncnc(-c2ccc(Oc3ncc(Cl)cc3F)cc2)n1)NC(=O)OC(C)(C)C. The summed E-state index contributed by atoms with van der Waals surface area (Å²) < 4.78 is 30.2. The summed E-state index contributed by atoms with van der Waals surface area (Å²) in [5.41, 5.74) is -0.749. The molecule has 13 heteroatoms. The number of amides is 1. The fourth-order valence-corrected chi connectivity index (χ4v) is 3.37. The van der Waals surface area contributed by atoms with E-state index in [9.17, 15) is 14.0 Å². The monoisotopic (exact) mass is 574 g/mol. The van der Waals surface area contributed by atoms with Crippen molar-refractivity contribution in [3.8, 4) is 23.0 Å². The number of esters is 1. The van der Waals surface area contributed by atoms with Gasteiger partial charge in [0.15, 0.2) is 11.6 Å². The fraction of sp³-hybridized carbons (Fsp3) is 0.407. The van der Waals surface area contributed by atoms with E-state index in [1.165, 1.54) is 12.5 Å². The predicted molar refractivity (Wildman–Crippen MR) is 147 cm³/mol. The first-order valence-corrected chi connectivity index (χ1v) is 12.8. The number of nitrogens with one attached hydrogen (secondary N) is 2. The topological polar surface area (TPSA) is 137 Å². The smallest absolute Gasteiger partial charge is 0.407 e. The first kappa shape index (κ1) is 30.5. The van der Waals surface area contributed by atoms with Gasteiger partial charge in [-0.2, -0.15) is 4.98 Å². The molecule has 0 radical (unpaired) electrons. The van der Waals surface area contributed by atoms with Gasteiger partial charge in [-0.3, -0.25) is 4.79 Å². The lowest BCUT2D eigenvalue weighted by Gasteiger charge is -2.25. The van der Waals surface area contributed by atoms with Crippen LogP contribution in [0.2, 0.25) is 5.02 Å². The van der Waals surface area contributed by atoms with Gasteiger partial charge in [0.2, 0.25) is 5.95 Å². The molecule has 3 aromatic rings. The van der Waals surface area contributed by atoms with E-state index in [0.29, 0.717) is 17.1 Å². The lowest BCUT2D eigenvalue weighted by atomic mass is 10.1. The number of nitrogens with zero attached hydrogens (tertiary/aromatic N) is 4. The minimum absolute atomic E-state index is 0.105. The molecule has 1 atom stereocenters. The van der Waals surface area contributed by atoms with Gasteiger partial charge in [0.1, 0.15) is 23.3 Å². The van der Waals surface area contributed by atoms with Crippen molar-refractivity contribution in [2.24, 2.45) is 0 Å². The third-order valence-corrected chi connectivity index (χ3v) is 4.94. The summed E-state index contributed by atoms with van der Waals surface area (Å²) in [5.74, 6) is -0.451. The van der Waals surface area contributed by atoms with Crippen LogP contribution < -0.4 is 15.4 Å². The Labute approximate surface area is 236 Å². The maximum absolute atomic E-state index is 14.0. The number of hydrogen-bond donors (Lipinski definition) is 2. The Morgan fingerprint density at radius 1 is 1.00 bits per heavy atom. The van der Waals surface area contributed by atoms with E-state index in [1.54, 1.807) is 65.8 Å². The van der Waals surface area contributed by atoms with Crippen LogP contribution in [0.25, 0.3) is 11.4 Å². The average molecular weight is 575 g/mol. The molecule has 0 saturated carbocycles. The number of carbonyl (C=O) groups excluding carboxylic acids is 2. The second-order valence-electron chi connectivity index (χ2n) is 10.7. The number of alkyl carbamates (subject to hydrolysis) is 1. The quantitative estimate of drug-likeness (QED) is 0.312. The van der Waals surface area contributed by atoms with Crippen LogP contribution in [-0.2, 0) is 14.3 Å². The highest BCUT2D eigenvalue weighted by Crippen LogP contribution is 2.26. The first-order valence-electron chi connectivity index (χ1n) is 12.4. The summed E-state index contributed by atoms with van der Waals surface area (Å²) in [5, 5.41) is 5.87. The van der Waals surface area contributed by atoms with E-state index in [1.807, 2.05) is 0 Å². The molecule has 2 N–H and O–H groups in total. The van der Waals surface area contributed by atoms with Gasteiger partial charge in [0, 0.05) is 18.3 Å². The summed E-state index contributed by atoms with van der Waals surface area (Å²) in [6.45, 7) is 10.6. The zero-order valence-corrected chi connectivity index (χ0v) is 23.9. The summed E-state index contributed by atoms with van der Waals surface area (Å²) >= 11 is 5.72. The van der Waals surface area contributed by atoms with Gasteiger partial charge in [0.05, 0.1) is 17.5 Å². The fourth-order valence-electron chi connectivity index (χ4n) is 3.23. The maximum atomic E-state index is 14.0. The number of carbonyl (C=O) groups is 2. The lowest BCUT2D eigenvalue weighted by molar-refractivity contribution is -0.155. The number of halogens is 2. The Balaban J connectivity index is 1.68. The molecule has 3 rings (SSSR count). The van der Waals surface area contributed by atoms with Gasteiger partial charge in [-0.05, 0) is 71.9 Å². The standard InChI is InChI=1S/C27H32ClFN6O5/c1-26(2,3)39-21(36)12-18(34-25(37)40-27(4,5)6)14-31-24-33-15-32-22(35-24)16-7-9-19(10-8-16)38-23-20(29)11-17(28)13-30-23/h7-11,13,15,18H,12,14H2,1-6H3,(H,34,37)(H,31,32,33,35)/t18-/m0/s1. The average Bonchev–Trinajstić information content (AvgIpc) is 2.82. The number of aromatic nitrogens is 4. The molecule has 40 heavy (non-hydrogen) atoms. The van der Waals surface area contributed by atoms with Crippen molar-refractivity contribution in [2.75, 3.05) is 11.9 Å². The van der Waals surface area contributed by atoms with Crippen LogP contribution in [-0.4, -0.2) is 55.8 Å². The molecule has 0 bridgehead atoms. The van der Waals surface area contributed by atoms with Crippen molar-refractivity contribution in [3.63, 3.8) is 0 Å². The largest absolute Gasteiger partial charge is 0.460 e. The zero-order valence-electron chi connectivity index (χ0n) is 23.1. The molecule has 2 aromatic heterocycles. The van der Waals surface area contributed by atoms with Gasteiger partial charge in [-0.25, -0.2) is 24.1 Å². The van der Waals surface area contributed by atoms with Crippen LogP contribution in [0.1, 0.15) is 48.0 Å². The van der Waals surface area contributed by atoms with Crippen molar-refractivity contribution in [2.45, 2.75) is 65.2 Å². The van der Waals surface area contributed by atoms with Gasteiger partial charge < -0.3 is 24.8 Å². The number of ether oxygens (including phenoxy) is 3. The summed E-state index contributed by atoms with van der Waals surface area (Å²) in [6, 6.07) is 7.05. The van der Waals surface area contributed by atoms with Gasteiger partial charge in [-0.15, -0.1) is 0 Å². The van der Waals surface area contributed by atoms with Crippen LogP contribution in [0.3, 0.4) is 0 Å². The highest BCUT2D eigenvalue weighted by atomic mass is 35.5. The second kappa shape index (κ2) is 12.9. The Morgan fingerprint density at radius 2 is 1.68 bits per heavy atom. The molecule has 11 nitrogen and oxygen atoms in total. The van der Waals surface area contributed by atoms with E-state index in [4.69, 9.17) is 25.8 Å². The van der Waals surface area contributed by atoms with Crippen molar-refractivity contribution in [1.82, 2.24) is 25.3 Å². The molecule has 0 fully saturated rings. The zero-order chi connectivity index (χ0) is 29.5. The molecule has 1 aromatic carbocycles. The Bertz CT molecular complexity index is 1300. The minimum atomic E-state index is -0.711. The van der Waals surface area contributed by atoms with Crippen molar-refractivity contribution in [3.05, 3.63) is 53.7 Å². The third kappa shape index (κ3) is 10.3. The van der Waals surface area contributed by atoms with Crippen molar-refractivity contribution in [1.29, 1.82) is 0 Å². The van der Waals surface area contributed by atoms with E-state index in [2.05, 4.69) is 30.6 Å². The first-order chi connectivity index (χ1) is 18.7. The number of hydrogen-bond acceptors (Lipinski definition) is 10. The van der Waals surface area contributed by atoms with Crippen LogP contribution in [0.4, 0.5) is 15.1 Å². The molecule has 2 heterocycles. The molecule has 214 valence electrons. The maximum Gasteiger partial charge on any atom is 0.407 e. The number of pyridine rings is 1. The summed E-state index contributed by atoms with van der Waals surface area (Å²) in [7, 11) is 0. The molecule has 0 saturated heterocycles. The van der Waals surface area contributed by atoms with Crippen LogP contribution >= 0.6 is 11.6 Å². The molecule has 0 spiro atoms. The Hall–Kier alpha value is -4.06. The third-order valence-electron chi connectivity index (χ3n) is 4.73. The number of rotatable bonds is 9. The van der Waals surface area contributed by atoms with Crippen LogP contribution in [0.15, 0.2) is 42.9 Å². The molecule has 0 unspecified atom stereocenters. The molecule has 1 amide bonds. The van der Waals surface area contributed by atoms with Gasteiger partial charge >= 0.3 is 12.1 Å². The van der Waals surface area contributed by atoms with Gasteiger partial charge in [-0.1, -0.05) is 11.6 Å². The van der Waals surface area contributed by atoms with Gasteiger partial charge in [0.25, 0.3) is 5.88 Å². The van der Waals surface area contributed by atoms with Crippen molar-refractivity contribution < 1.29 is 28.2 Å². The molecule has 0 aliphatic heterocycles. The normalized spacial score (nSPS) is 12.3. The van der Waals surface area contributed by atoms with E-state index >= 15 is 0 Å². The van der Waals surface area contributed by atoms with E-state index < -0.39 is 35.1 Å². The predicted octanol–water partition coefficient (Wildman–Crippen LogP) is 5.56. The molecule has 0 aliphatic carbocycles. The molecular weight excluding hydrogens is 543 g/mol. The minimum Gasteiger partial charge on any atom is -0.460 e. The summed E-state index contributed by atoms with van der Waals surface area (Å²) in [4.78, 5) is 41.4. The highest BCUT2D eigenvalue weighted by Gasteiger charge is 2.24. The van der Waals surface area contributed by atoms with Crippen LogP contribution in [0, 0.1) is 5.82 Å².